The lowest BCUT2D eigenvalue weighted by molar-refractivity contribution is 0.0734. The van der Waals surface area contributed by atoms with E-state index in [1.54, 1.807) is 48.5 Å². The van der Waals surface area contributed by atoms with E-state index in [0.29, 0.717) is 34.3 Å². The first-order valence-corrected chi connectivity index (χ1v) is 11.6. The molecule has 0 radical (unpaired) electrons. The Morgan fingerprint density at radius 2 is 1.59 bits per heavy atom. The normalized spacial score (nSPS) is 11.3. The van der Waals surface area contributed by atoms with E-state index in [-0.39, 0.29) is 4.90 Å². The first-order valence-electron chi connectivity index (χ1n) is 9.73. The summed E-state index contributed by atoms with van der Waals surface area (Å²) < 4.78 is 35.2. The van der Waals surface area contributed by atoms with Crippen LogP contribution in [0, 0.1) is 0 Å². The molecule has 7 nitrogen and oxygen atoms in total. The number of nitrogens with one attached hydrogen (secondary N) is 1. The molecule has 0 spiro atoms. The predicted molar refractivity (Wildman–Crippen MR) is 123 cm³/mol. The first-order chi connectivity index (χ1) is 15.4. The fourth-order valence-electron chi connectivity index (χ4n) is 2.53. The van der Waals surface area contributed by atoms with Gasteiger partial charge in [0.25, 0.3) is 10.0 Å². The van der Waals surface area contributed by atoms with Crippen LogP contribution in [-0.2, 0) is 10.0 Å². The van der Waals surface area contributed by atoms with Gasteiger partial charge < -0.3 is 9.47 Å². The molecule has 0 aliphatic heterocycles. The second kappa shape index (κ2) is 10.8. The minimum Gasteiger partial charge on any atom is -0.494 e. The van der Waals surface area contributed by atoms with Crippen molar-refractivity contribution in [2.75, 3.05) is 6.61 Å². The van der Waals surface area contributed by atoms with E-state index >= 15 is 0 Å². The SMILES string of the molecule is CCCOc1ccc(C(=O)Oc2ccc(/C=N\NS(=O)(=O)c3ccc(Cl)cc3)cc2)cc1. The van der Waals surface area contributed by atoms with Gasteiger partial charge >= 0.3 is 5.97 Å². The fourth-order valence-corrected chi connectivity index (χ4v) is 3.45. The van der Waals surface area contributed by atoms with Gasteiger partial charge in [0.05, 0.1) is 23.3 Å². The maximum atomic E-state index is 12.3. The van der Waals surface area contributed by atoms with Gasteiger partial charge in [-0.25, -0.2) is 9.63 Å². The number of hydrogen-bond acceptors (Lipinski definition) is 6. The van der Waals surface area contributed by atoms with Crippen LogP contribution in [0.1, 0.15) is 29.3 Å². The van der Waals surface area contributed by atoms with Gasteiger partial charge in [-0.3, -0.25) is 0 Å². The second-order valence-electron chi connectivity index (χ2n) is 6.64. The van der Waals surface area contributed by atoms with Gasteiger partial charge in [0.2, 0.25) is 0 Å². The van der Waals surface area contributed by atoms with Gasteiger partial charge in [-0.15, -0.1) is 0 Å². The average molecular weight is 473 g/mol. The Morgan fingerprint density at radius 1 is 0.969 bits per heavy atom. The molecule has 0 heterocycles. The fraction of sp³-hybridized carbons (Fsp3) is 0.130. The number of esters is 1. The van der Waals surface area contributed by atoms with Crippen LogP contribution in [-0.4, -0.2) is 27.2 Å². The van der Waals surface area contributed by atoms with Crippen molar-refractivity contribution >= 4 is 33.8 Å². The second-order valence-corrected chi connectivity index (χ2v) is 8.74. The molecule has 0 unspecified atom stereocenters. The van der Waals surface area contributed by atoms with Crippen molar-refractivity contribution in [1.29, 1.82) is 0 Å². The molecule has 0 aliphatic carbocycles. The molecule has 0 amide bonds. The van der Waals surface area contributed by atoms with Gasteiger partial charge in [-0.2, -0.15) is 13.5 Å². The molecule has 9 heteroatoms. The highest BCUT2D eigenvalue weighted by atomic mass is 35.5. The molecule has 32 heavy (non-hydrogen) atoms. The minimum absolute atomic E-state index is 0.0475. The molecule has 0 fully saturated rings. The van der Waals surface area contributed by atoms with Gasteiger partial charge in [-0.1, -0.05) is 18.5 Å². The van der Waals surface area contributed by atoms with Crippen molar-refractivity contribution in [3.05, 3.63) is 88.9 Å². The number of sulfonamides is 1. The molecule has 166 valence electrons. The summed E-state index contributed by atoms with van der Waals surface area (Å²) in [5, 5.41) is 4.20. The predicted octanol–water partition coefficient (Wildman–Crippen LogP) is 4.66. The summed E-state index contributed by atoms with van der Waals surface area (Å²) in [6, 6.07) is 18.9. The third kappa shape index (κ3) is 6.57. The molecular weight excluding hydrogens is 452 g/mol. The highest BCUT2D eigenvalue weighted by Gasteiger charge is 2.12. The van der Waals surface area contributed by atoms with Crippen molar-refractivity contribution < 1.29 is 22.7 Å². The molecule has 1 N–H and O–H groups in total. The number of nitrogens with zero attached hydrogens (tertiary/aromatic N) is 1. The third-order valence-corrected chi connectivity index (χ3v) is 5.65. The summed E-state index contributed by atoms with van der Waals surface area (Å²) in [6.07, 6.45) is 2.24. The van der Waals surface area contributed by atoms with Crippen LogP contribution in [0.5, 0.6) is 11.5 Å². The minimum atomic E-state index is -3.80. The van der Waals surface area contributed by atoms with E-state index in [4.69, 9.17) is 21.1 Å². The standard InChI is InChI=1S/C23H21ClN2O5S/c1-2-15-30-20-11-5-18(6-12-20)23(27)31-21-9-3-17(4-10-21)16-25-26-32(28,29)22-13-7-19(24)8-14-22/h3-14,16,26H,2,15H2,1H3/b25-16-. The monoisotopic (exact) mass is 472 g/mol. The number of carbonyl (C=O) groups excluding carboxylic acids is 1. The Morgan fingerprint density at radius 3 is 2.22 bits per heavy atom. The number of carbonyl (C=O) groups is 1. The Kier molecular flexibility index (Phi) is 7.86. The van der Waals surface area contributed by atoms with E-state index in [0.717, 1.165) is 6.42 Å². The van der Waals surface area contributed by atoms with Crippen molar-refractivity contribution in [3.8, 4) is 11.5 Å². The molecule has 0 atom stereocenters. The molecule has 0 aliphatic rings. The molecule has 3 aromatic rings. The zero-order chi connectivity index (χ0) is 23.0. The Labute approximate surface area is 191 Å². The number of hydrazone groups is 1. The lowest BCUT2D eigenvalue weighted by Crippen LogP contribution is -2.18. The molecule has 0 saturated carbocycles. The summed E-state index contributed by atoms with van der Waals surface area (Å²) in [4.78, 5) is 14.5. The third-order valence-electron chi connectivity index (χ3n) is 4.16. The van der Waals surface area contributed by atoms with E-state index in [9.17, 15) is 13.2 Å². The molecular formula is C23H21ClN2O5S. The van der Waals surface area contributed by atoms with Gasteiger partial charge in [0, 0.05) is 5.02 Å². The van der Waals surface area contributed by atoms with Gasteiger partial charge in [-0.05, 0) is 84.8 Å². The van der Waals surface area contributed by atoms with Crippen molar-refractivity contribution in [2.45, 2.75) is 18.2 Å². The lowest BCUT2D eigenvalue weighted by Gasteiger charge is -2.07. The van der Waals surface area contributed by atoms with Crippen LogP contribution < -0.4 is 14.3 Å². The summed E-state index contributed by atoms with van der Waals surface area (Å²) in [6.45, 7) is 2.63. The zero-order valence-electron chi connectivity index (χ0n) is 17.2. The maximum absolute atomic E-state index is 12.3. The van der Waals surface area contributed by atoms with Crippen LogP contribution in [0.4, 0.5) is 0 Å². The first kappa shape index (κ1) is 23.3. The number of ether oxygens (including phenoxy) is 2. The van der Waals surface area contributed by atoms with E-state index in [2.05, 4.69) is 9.93 Å². The van der Waals surface area contributed by atoms with Crippen molar-refractivity contribution in [1.82, 2.24) is 4.83 Å². The average Bonchev–Trinajstić information content (AvgIpc) is 2.79. The van der Waals surface area contributed by atoms with Crippen molar-refractivity contribution in [3.63, 3.8) is 0 Å². The van der Waals surface area contributed by atoms with E-state index in [1.807, 2.05) is 6.92 Å². The summed E-state index contributed by atoms with van der Waals surface area (Å²) in [5.41, 5.74) is 1.01. The van der Waals surface area contributed by atoms with E-state index < -0.39 is 16.0 Å². The maximum Gasteiger partial charge on any atom is 0.343 e. The Balaban J connectivity index is 1.56. The van der Waals surface area contributed by atoms with Crippen LogP contribution >= 0.6 is 11.6 Å². The molecule has 3 rings (SSSR count). The number of hydrogen-bond donors (Lipinski definition) is 1. The van der Waals surface area contributed by atoms with Crippen LogP contribution in [0.15, 0.2) is 82.8 Å². The highest BCUT2D eigenvalue weighted by Crippen LogP contribution is 2.17. The quantitative estimate of drug-likeness (QED) is 0.211. The summed E-state index contributed by atoms with van der Waals surface area (Å²) in [5.74, 6) is 0.545. The Hall–Kier alpha value is -3.36. The zero-order valence-corrected chi connectivity index (χ0v) is 18.8. The molecule has 3 aromatic carbocycles. The van der Waals surface area contributed by atoms with Gasteiger partial charge in [0.15, 0.2) is 0 Å². The van der Waals surface area contributed by atoms with E-state index in [1.165, 1.54) is 30.5 Å². The molecule has 0 saturated heterocycles. The van der Waals surface area contributed by atoms with Gasteiger partial charge in [0.1, 0.15) is 11.5 Å². The van der Waals surface area contributed by atoms with Crippen LogP contribution in [0.2, 0.25) is 5.02 Å². The largest absolute Gasteiger partial charge is 0.494 e. The smallest absolute Gasteiger partial charge is 0.343 e. The topological polar surface area (TPSA) is 94.1 Å². The summed E-state index contributed by atoms with van der Waals surface area (Å²) >= 11 is 5.77. The lowest BCUT2D eigenvalue weighted by atomic mass is 10.2. The number of benzene rings is 3. The molecule has 0 aromatic heterocycles. The van der Waals surface area contributed by atoms with Crippen molar-refractivity contribution in [2.24, 2.45) is 5.10 Å². The molecule has 0 bridgehead atoms. The number of rotatable bonds is 9. The van der Waals surface area contributed by atoms with Crippen LogP contribution in [0.3, 0.4) is 0 Å². The van der Waals surface area contributed by atoms with Crippen LogP contribution in [0.25, 0.3) is 0 Å². The number of halogens is 1. The highest BCUT2D eigenvalue weighted by molar-refractivity contribution is 7.89. The summed E-state index contributed by atoms with van der Waals surface area (Å²) in [7, 11) is -3.80. The Bertz CT molecular complexity index is 1180.